The Hall–Kier alpha value is -2.18. The molecule has 2 heterocycles. The number of para-hydroxylation sites is 1. The first kappa shape index (κ1) is 13.8. The fourth-order valence-electron chi connectivity index (χ4n) is 2.64. The van der Waals surface area contributed by atoms with Crippen molar-refractivity contribution in [3.8, 4) is 0 Å². The van der Waals surface area contributed by atoms with Crippen LogP contribution in [-0.4, -0.2) is 31.4 Å². The molecule has 0 spiro atoms. The molecule has 6 heteroatoms. The summed E-state index contributed by atoms with van der Waals surface area (Å²) >= 11 is 0. The van der Waals surface area contributed by atoms with Crippen LogP contribution < -0.4 is 5.73 Å². The number of nitrogen functional groups attached to an aromatic ring is 1. The van der Waals surface area contributed by atoms with E-state index in [9.17, 15) is 10.2 Å². The van der Waals surface area contributed by atoms with E-state index < -0.39 is 5.60 Å². The van der Waals surface area contributed by atoms with Gasteiger partial charge in [-0.1, -0.05) is 18.2 Å². The molecular formula is C15H18N4O2. The molecule has 3 aromatic rings. The third-order valence-corrected chi connectivity index (χ3v) is 3.48. The lowest BCUT2D eigenvalue weighted by molar-refractivity contribution is 0.0643. The molecule has 2 aromatic heterocycles. The van der Waals surface area contributed by atoms with Crippen molar-refractivity contribution in [2.24, 2.45) is 0 Å². The normalized spacial score (nSPS) is 12.4. The van der Waals surface area contributed by atoms with Crippen molar-refractivity contribution in [3.05, 3.63) is 30.1 Å². The van der Waals surface area contributed by atoms with Gasteiger partial charge in [-0.25, -0.2) is 9.97 Å². The predicted octanol–water partition coefficient (Wildman–Crippen LogP) is 1.39. The third-order valence-electron chi connectivity index (χ3n) is 3.48. The molecule has 0 saturated heterocycles. The second kappa shape index (κ2) is 4.68. The summed E-state index contributed by atoms with van der Waals surface area (Å²) in [6.45, 7) is 3.61. The third kappa shape index (κ3) is 2.12. The highest BCUT2D eigenvalue weighted by Gasteiger charge is 2.26. The largest absolute Gasteiger partial charge is 0.395 e. The van der Waals surface area contributed by atoms with Gasteiger partial charge in [0.05, 0.1) is 17.6 Å². The van der Waals surface area contributed by atoms with Crippen molar-refractivity contribution in [2.75, 3.05) is 12.3 Å². The van der Waals surface area contributed by atoms with Crippen molar-refractivity contribution >= 4 is 27.8 Å². The highest BCUT2D eigenvalue weighted by Crippen LogP contribution is 2.31. The van der Waals surface area contributed by atoms with Crippen molar-refractivity contribution in [3.63, 3.8) is 0 Å². The zero-order valence-electron chi connectivity index (χ0n) is 12.0. The van der Waals surface area contributed by atoms with Crippen LogP contribution in [-0.2, 0) is 12.1 Å². The fourth-order valence-corrected chi connectivity index (χ4v) is 2.64. The Kier molecular flexibility index (Phi) is 3.07. The first-order valence-corrected chi connectivity index (χ1v) is 6.81. The Labute approximate surface area is 121 Å². The van der Waals surface area contributed by atoms with E-state index in [0.29, 0.717) is 23.7 Å². The van der Waals surface area contributed by atoms with Crippen molar-refractivity contribution in [2.45, 2.75) is 26.0 Å². The van der Waals surface area contributed by atoms with Gasteiger partial charge in [-0.3, -0.25) is 0 Å². The molecule has 4 N–H and O–H groups in total. The van der Waals surface area contributed by atoms with Gasteiger partial charge in [0.15, 0.2) is 5.82 Å². The van der Waals surface area contributed by atoms with Gasteiger partial charge in [-0.2, -0.15) is 0 Å². The van der Waals surface area contributed by atoms with E-state index in [0.717, 1.165) is 16.4 Å². The number of hydrogen-bond donors (Lipinski definition) is 3. The number of nitrogens with two attached hydrogens (primary N) is 1. The van der Waals surface area contributed by atoms with Crippen LogP contribution in [0.15, 0.2) is 24.3 Å². The number of anilines is 1. The fraction of sp³-hybridized carbons (Fsp3) is 0.333. The quantitative estimate of drug-likeness (QED) is 0.676. The van der Waals surface area contributed by atoms with Crippen LogP contribution in [0.4, 0.5) is 5.82 Å². The van der Waals surface area contributed by atoms with Crippen LogP contribution in [0, 0.1) is 0 Å². The molecule has 0 aliphatic heterocycles. The molecule has 0 amide bonds. The SMILES string of the molecule is CC(C)(O)c1nc2c(N)nc3ccccc3c2n1CCO. The Morgan fingerprint density at radius 2 is 1.95 bits per heavy atom. The van der Waals surface area contributed by atoms with Gasteiger partial charge >= 0.3 is 0 Å². The number of nitrogens with zero attached hydrogens (tertiary/aromatic N) is 3. The molecule has 3 rings (SSSR count). The van der Waals surface area contributed by atoms with E-state index >= 15 is 0 Å². The van der Waals surface area contributed by atoms with E-state index in [1.165, 1.54) is 0 Å². The number of aliphatic hydroxyl groups excluding tert-OH is 1. The molecule has 110 valence electrons. The van der Waals surface area contributed by atoms with Crippen molar-refractivity contribution in [1.29, 1.82) is 0 Å². The Morgan fingerprint density at radius 3 is 2.62 bits per heavy atom. The molecular weight excluding hydrogens is 268 g/mol. The lowest BCUT2D eigenvalue weighted by Crippen LogP contribution is -2.23. The first-order valence-electron chi connectivity index (χ1n) is 6.81. The van der Waals surface area contributed by atoms with E-state index in [1.54, 1.807) is 13.8 Å². The Morgan fingerprint density at radius 1 is 1.24 bits per heavy atom. The molecule has 0 unspecified atom stereocenters. The summed E-state index contributed by atoms with van der Waals surface area (Å²) in [5, 5.41) is 20.6. The van der Waals surface area contributed by atoms with Crippen LogP contribution in [0.1, 0.15) is 19.7 Å². The second-order valence-electron chi connectivity index (χ2n) is 5.58. The minimum Gasteiger partial charge on any atom is -0.395 e. The average Bonchev–Trinajstić information content (AvgIpc) is 2.80. The van der Waals surface area contributed by atoms with Gasteiger partial charge in [0.1, 0.15) is 16.9 Å². The number of rotatable bonds is 3. The molecule has 0 radical (unpaired) electrons. The van der Waals surface area contributed by atoms with Gasteiger partial charge in [0.2, 0.25) is 0 Å². The Bertz CT molecular complexity index is 818. The van der Waals surface area contributed by atoms with Crippen molar-refractivity contribution in [1.82, 2.24) is 14.5 Å². The van der Waals surface area contributed by atoms with Crippen LogP contribution in [0.5, 0.6) is 0 Å². The number of fused-ring (bicyclic) bond motifs is 3. The maximum Gasteiger partial charge on any atom is 0.152 e. The molecule has 0 aliphatic rings. The van der Waals surface area contributed by atoms with Gasteiger partial charge in [-0.15, -0.1) is 0 Å². The zero-order valence-corrected chi connectivity index (χ0v) is 12.0. The summed E-state index contributed by atoms with van der Waals surface area (Å²) in [5.74, 6) is 0.794. The minimum atomic E-state index is -1.14. The van der Waals surface area contributed by atoms with Gasteiger partial charge < -0.3 is 20.5 Å². The maximum absolute atomic E-state index is 10.3. The maximum atomic E-state index is 10.3. The number of hydrogen-bond acceptors (Lipinski definition) is 5. The standard InChI is InChI=1S/C15H18N4O2/c1-15(2,21)14-18-11-12(19(14)7-8-20)9-5-3-4-6-10(9)17-13(11)16/h3-6,20-21H,7-8H2,1-2H3,(H2,16,17). The van der Waals surface area contributed by atoms with Gasteiger partial charge in [-0.05, 0) is 19.9 Å². The van der Waals surface area contributed by atoms with Crippen LogP contribution in [0.2, 0.25) is 0 Å². The molecule has 0 aliphatic carbocycles. The summed E-state index contributed by atoms with van der Waals surface area (Å²) in [6.07, 6.45) is 0. The molecule has 0 fully saturated rings. The lowest BCUT2D eigenvalue weighted by atomic mass is 10.1. The predicted molar refractivity (Wildman–Crippen MR) is 81.8 cm³/mol. The van der Waals surface area contributed by atoms with Crippen LogP contribution in [0.25, 0.3) is 21.9 Å². The molecule has 0 saturated carbocycles. The molecule has 1 aromatic carbocycles. The summed E-state index contributed by atoms with van der Waals surface area (Å²) in [4.78, 5) is 8.82. The average molecular weight is 286 g/mol. The highest BCUT2D eigenvalue weighted by atomic mass is 16.3. The molecule has 6 nitrogen and oxygen atoms in total. The van der Waals surface area contributed by atoms with Crippen LogP contribution in [0.3, 0.4) is 0 Å². The monoisotopic (exact) mass is 286 g/mol. The Balaban J connectivity index is 2.50. The number of aromatic nitrogens is 3. The minimum absolute atomic E-state index is 0.0505. The molecule has 0 atom stereocenters. The number of aliphatic hydroxyl groups is 2. The number of pyridine rings is 1. The van der Waals surface area contributed by atoms with Gasteiger partial charge in [0.25, 0.3) is 0 Å². The molecule has 0 bridgehead atoms. The smallest absolute Gasteiger partial charge is 0.152 e. The molecule has 21 heavy (non-hydrogen) atoms. The van der Waals surface area contributed by atoms with Gasteiger partial charge in [0, 0.05) is 11.9 Å². The lowest BCUT2D eigenvalue weighted by Gasteiger charge is -2.18. The summed E-state index contributed by atoms with van der Waals surface area (Å²) < 4.78 is 1.82. The topological polar surface area (TPSA) is 97.2 Å². The number of benzene rings is 1. The van der Waals surface area contributed by atoms with E-state index in [4.69, 9.17) is 5.73 Å². The van der Waals surface area contributed by atoms with Crippen molar-refractivity contribution < 1.29 is 10.2 Å². The second-order valence-corrected chi connectivity index (χ2v) is 5.58. The zero-order chi connectivity index (χ0) is 15.2. The first-order chi connectivity index (χ1) is 9.93. The summed E-state index contributed by atoms with van der Waals surface area (Å²) in [5.41, 5.74) is 6.99. The highest BCUT2D eigenvalue weighted by molar-refractivity contribution is 6.06. The van der Waals surface area contributed by atoms with Crippen LogP contribution >= 0.6 is 0 Å². The van der Waals surface area contributed by atoms with E-state index in [2.05, 4.69) is 9.97 Å². The number of imidazole rings is 1. The summed E-state index contributed by atoms with van der Waals surface area (Å²) in [7, 11) is 0. The van der Waals surface area contributed by atoms with E-state index in [-0.39, 0.29) is 6.61 Å². The summed E-state index contributed by atoms with van der Waals surface area (Å²) in [6, 6.07) is 7.63. The van der Waals surface area contributed by atoms with E-state index in [1.807, 2.05) is 28.8 Å².